The quantitative estimate of drug-likeness (QED) is 0.779. The second-order valence-corrected chi connectivity index (χ2v) is 5.53. The van der Waals surface area contributed by atoms with E-state index in [9.17, 15) is 4.79 Å². The molecule has 0 atom stereocenters. The minimum atomic E-state index is 0.184. The van der Waals surface area contributed by atoms with Crippen LogP contribution in [0, 0.1) is 0 Å². The van der Waals surface area contributed by atoms with Gasteiger partial charge in [-0.3, -0.25) is 9.69 Å². The van der Waals surface area contributed by atoms with Gasteiger partial charge in [0, 0.05) is 43.0 Å². The summed E-state index contributed by atoms with van der Waals surface area (Å²) in [6.07, 6.45) is 2.93. The third kappa shape index (κ3) is 3.00. The fraction of sp³-hybridized carbons (Fsp3) is 0.500. The number of hydrogen-bond acceptors (Lipinski definition) is 3. The van der Waals surface area contributed by atoms with E-state index < -0.39 is 0 Å². The fourth-order valence-electron chi connectivity index (χ4n) is 2.18. The lowest BCUT2D eigenvalue weighted by Gasteiger charge is -2.34. The number of carbonyl (C=O) groups is 1. The molecule has 0 bridgehead atoms. The van der Waals surface area contributed by atoms with Crippen LogP contribution in [0.2, 0.25) is 0 Å². The molecule has 1 aliphatic heterocycles. The summed E-state index contributed by atoms with van der Waals surface area (Å²) in [5.41, 5.74) is 0.856. The molecule has 1 aromatic heterocycles. The van der Waals surface area contributed by atoms with Crippen LogP contribution >= 0.6 is 11.3 Å². The van der Waals surface area contributed by atoms with Gasteiger partial charge in [-0.25, -0.2) is 0 Å². The number of piperazine rings is 1. The number of hydrogen-bond donors (Lipinski definition) is 0. The summed E-state index contributed by atoms with van der Waals surface area (Å²) in [7, 11) is 0. The van der Waals surface area contributed by atoms with E-state index in [4.69, 9.17) is 0 Å². The molecule has 0 saturated carbocycles. The molecule has 0 aromatic carbocycles. The number of rotatable bonds is 4. The normalized spacial score (nSPS) is 16.8. The van der Waals surface area contributed by atoms with E-state index in [-0.39, 0.29) is 5.91 Å². The average molecular weight is 264 g/mol. The first kappa shape index (κ1) is 13.3. The number of aryl methyl sites for hydroxylation is 1. The molecule has 18 heavy (non-hydrogen) atoms. The molecule has 2 heterocycles. The summed E-state index contributed by atoms with van der Waals surface area (Å²) in [4.78, 5) is 17.8. The van der Waals surface area contributed by atoms with E-state index in [1.165, 1.54) is 4.88 Å². The Bertz CT molecular complexity index is 419. The second-order valence-electron chi connectivity index (χ2n) is 4.54. The van der Waals surface area contributed by atoms with Gasteiger partial charge in [0.05, 0.1) is 5.56 Å². The molecule has 0 unspecified atom stereocenters. The van der Waals surface area contributed by atoms with Gasteiger partial charge in [0.2, 0.25) is 0 Å². The Labute approximate surface area is 113 Å². The second kappa shape index (κ2) is 6.16. The van der Waals surface area contributed by atoms with Gasteiger partial charge < -0.3 is 4.90 Å². The van der Waals surface area contributed by atoms with Crippen LogP contribution in [0.5, 0.6) is 0 Å². The van der Waals surface area contributed by atoms with Crippen molar-refractivity contribution >= 4 is 17.2 Å². The third-order valence-corrected chi connectivity index (χ3v) is 4.38. The van der Waals surface area contributed by atoms with Gasteiger partial charge in [-0.15, -0.1) is 17.9 Å². The molecule has 1 amide bonds. The number of thiophene rings is 1. The highest BCUT2D eigenvalue weighted by Crippen LogP contribution is 2.17. The molecular weight excluding hydrogens is 244 g/mol. The molecule has 2 rings (SSSR count). The highest BCUT2D eigenvalue weighted by molar-refractivity contribution is 7.10. The minimum absolute atomic E-state index is 0.184. The van der Waals surface area contributed by atoms with Gasteiger partial charge in [0.15, 0.2) is 0 Å². The van der Waals surface area contributed by atoms with Crippen LogP contribution < -0.4 is 0 Å². The maximum atomic E-state index is 12.3. The van der Waals surface area contributed by atoms with Crippen molar-refractivity contribution in [2.45, 2.75) is 13.3 Å². The van der Waals surface area contributed by atoms with Crippen molar-refractivity contribution in [2.24, 2.45) is 0 Å². The lowest BCUT2D eigenvalue weighted by molar-refractivity contribution is 0.0651. The molecular formula is C14H20N2OS. The Balaban J connectivity index is 1.92. The average Bonchev–Trinajstić information content (AvgIpc) is 2.88. The first-order chi connectivity index (χ1) is 8.74. The number of carbonyl (C=O) groups excluding carboxylic acids is 1. The third-order valence-electron chi connectivity index (χ3n) is 3.30. The van der Waals surface area contributed by atoms with Crippen LogP contribution in [-0.4, -0.2) is 48.4 Å². The summed E-state index contributed by atoms with van der Waals surface area (Å²) in [6.45, 7) is 10.3. The Kier molecular flexibility index (Phi) is 4.55. The Morgan fingerprint density at radius 1 is 1.44 bits per heavy atom. The van der Waals surface area contributed by atoms with Gasteiger partial charge in [-0.1, -0.05) is 13.0 Å². The molecule has 1 aliphatic rings. The zero-order valence-electron chi connectivity index (χ0n) is 10.9. The topological polar surface area (TPSA) is 23.6 Å². The minimum Gasteiger partial charge on any atom is -0.336 e. The van der Waals surface area contributed by atoms with Crippen LogP contribution in [0.15, 0.2) is 24.1 Å². The summed E-state index contributed by atoms with van der Waals surface area (Å²) < 4.78 is 0. The standard InChI is InChI=1S/C14H20N2OS/c1-3-5-15-6-8-16(9-7-15)14(17)12-10-13(4-2)18-11-12/h3,10-11H,1,4-9H2,2H3. The van der Waals surface area contributed by atoms with Gasteiger partial charge in [-0.2, -0.15) is 0 Å². The zero-order chi connectivity index (χ0) is 13.0. The van der Waals surface area contributed by atoms with E-state index in [0.29, 0.717) is 0 Å². The molecule has 3 nitrogen and oxygen atoms in total. The van der Waals surface area contributed by atoms with Crippen LogP contribution in [0.4, 0.5) is 0 Å². The maximum Gasteiger partial charge on any atom is 0.254 e. The van der Waals surface area contributed by atoms with Gasteiger partial charge in [-0.05, 0) is 12.5 Å². The Morgan fingerprint density at radius 2 is 2.17 bits per heavy atom. The van der Waals surface area contributed by atoms with Crippen molar-refractivity contribution in [3.8, 4) is 0 Å². The molecule has 0 aliphatic carbocycles. The van der Waals surface area contributed by atoms with Crippen LogP contribution in [0.25, 0.3) is 0 Å². The fourth-order valence-corrected chi connectivity index (χ4v) is 2.99. The smallest absolute Gasteiger partial charge is 0.254 e. The molecule has 98 valence electrons. The van der Waals surface area contributed by atoms with Gasteiger partial charge in [0.25, 0.3) is 5.91 Å². The number of amides is 1. The van der Waals surface area contributed by atoms with Crippen LogP contribution in [0.1, 0.15) is 22.2 Å². The van der Waals surface area contributed by atoms with Crippen molar-refractivity contribution in [1.82, 2.24) is 9.80 Å². The van der Waals surface area contributed by atoms with Crippen molar-refractivity contribution in [3.05, 3.63) is 34.5 Å². The van der Waals surface area contributed by atoms with E-state index in [1.807, 2.05) is 22.4 Å². The summed E-state index contributed by atoms with van der Waals surface area (Å²) in [6, 6.07) is 2.03. The first-order valence-electron chi connectivity index (χ1n) is 6.44. The summed E-state index contributed by atoms with van der Waals surface area (Å²) in [5, 5.41) is 1.98. The van der Waals surface area contributed by atoms with E-state index >= 15 is 0 Å². The lowest BCUT2D eigenvalue weighted by Crippen LogP contribution is -2.48. The molecule has 0 N–H and O–H groups in total. The summed E-state index contributed by atoms with van der Waals surface area (Å²) >= 11 is 1.68. The first-order valence-corrected chi connectivity index (χ1v) is 7.32. The Hall–Kier alpha value is -1.13. The van der Waals surface area contributed by atoms with E-state index in [2.05, 4.69) is 18.4 Å². The lowest BCUT2D eigenvalue weighted by atomic mass is 10.2. The predicted octanol–water partition coefficient (Wildman–Crippen LogP) is 2.25. The molecule has 1 fully saturated rings. The highest BCUT2D eigenvalue weighted by Gasteiger charge is 2.21. The molecule has 0 spiro atoms. The molecule has 4 heteroatoms. The number of nitrogens with zero attached hydrogens (tertiary/aromatic N) is 2. The monoisotopic (exact) mass is 264 g/mol. The SMILES string of the molecule is C=CCN1CCN(C(=O)c2csc(CC)c2)CC1. The Morgan fingerprint density at radius 3 is 2.72 bits per heavy atom. The van der Waals surface area contributed by atoms with Gasteiger partial charge in [0.1, 0.15) is 0 Å². The van der Waals surface area contributed by atoms with Crippen molar-refractivity contribution < 1.29 is 4.79 Å². The maximum absolute atomic E-state index is 12.3. The van der Waals surface area contributed by atoms with Crippen LogP contribution in [-0.2, 0) is 6.42 Å². The van der Waals surface area contributed by atoms with E-state index in [1.54, 1.807) is 11.3 Å². The molecule has 1 aromatic rings. The largest absolute Gasteiger partial charge is 0.336 e. The van der Waals surface area contributed by atoms with Crippen molar-refractivity contribution in [1.29, 1.82) is 0 Å². The zero-order valence-corrected chi connectivity index (χ0v) is 11.7. The molecule has 1 saturated heterocycles. The van der Waals surface area contributed by atoms with Crippen molar-refractivity contribution in [2.75, 3.05) is 32.7 Å². The highest BCUT2D eigenvalue weighted by atomic mass is 32.1. The van der Waals surface area contributed by atoms with Gasteiger partial charge >= 0.3 is 0 Å². The summed E-state index contributed by atoms with van der Waals surface area (Å²) in [5.74, 6) is 0.184. The van der Waals surface area contributed by atoms with E-state index in [0.717, 1.165) is 44.7 Å². The molecule has 0 radical (unpaired) electrons. The predicted molar refractivity (Wildman–Crippen MR) is 76.2 cm³/mol. The van der Waals surface area contributed by atoms with Crippen molar-refractivity contribution in [3.63, 3.8) is 0 Å². The van der Waals surface area contributed by atoms with Crippen LogP contribution in [0.3, 0.4) is 0 Å².